The molecule has 0 fully saturated rings. The zero-order valence-electron chi connectivity index (χ0n) is 15.8. The SMILES string of the molecule is CC(Oc1ccc(-c2ccccc2)cc1)C(=O)Nc1ccc(N(C)C)cc1. The van der Waals surface area contributed by atoms with Gasteiger partial charge < -0.3 is 15.0 Å². The molecule has 3 aromatic rings. The van der Waals surface area contributed by atoms with Crippen LogP contribution in [-0.4, -0.2) is 26.1 Å². The third kappa shape index (κ3) is 4.88. The van der Waals surface area contributed by atoms with Crippen LogP contribution in [0.4, 0.5) is 11.4 Å². The molecule has 1 atom stereocenters. The number of anilines is 2. The van der Waals surface area contributed by atoms with Crippen molar-refractivity contribution in [2.45, 2.75) is 13.0 Å². The summed E-state index contributed by atoms with van der Waals surface area (Å²) in [7, 11) is 3.96. The van der Waals surface area contributed by atoms with Gasteiger partial charge in [-0.1, -0.05) is 42.5 Å². The van der Waals surface area contributed by atoms with E-state index in [-0.39, 0.29) is 5.91 Å². The van der Waals surface area contributed by atoms with Crippen LogP contribution in [0.1, 0.15) is 6.92 Å². The second-order valence-corrected chi connectivity index (χ2v) is 6.58. The quantitative estimate of drug-likeness (QED) is 0.685. The van der Waals surface area contributed by atoms with Crippen molar-refractivity contribution < 1.29 is 9.53 Å². The molecule has 3 rings (SSSR count). The number of carbonyl (C=O) groups is 1. The molecular weight excluding hydrogens is 336 g/mol. The number of amides is 1. The minimum absolute atomic E-state index is 0.181. The highest BCUT2D eigenvalue weighted by molar-refractivity contribution is 5.94. The van der Waals surface area contributed by atoms with E-state index in [2.05, 4.69) is 17.4 Å². The van der Waals surface area contributed by atoms with Crippen LogP contribution in [0.25, 0.3) is 11.1 Å². The summed E-state index contributed by atoms with van der Waals surface area (Å²) in [6.45, 7) is 1.74. The minimum Gasteiger partial charge on any atom is -0.481 e. The van der Waals surface area contributed by atoms with Gasteiger partial charge in [-0.2, -0.15) is 0 Å². The molecule has 4 nitrogen and oxygen atoms in total. The van der Waals surface area contributed by atoms with Gasteiger partial charge in [0.25, 0.3) is 5.91 Å². The average Bonchev–Trinajstić information content (AvgIpc) is 2.69. The van der Waals surface area contributed by atoms with E-state index >= 15 is 0 Å². The van der Waals surface area contributed by atoms with E-state index in [9.17, 15) is 4.79 Å². The Labute approximate surface area is 160 Å². The van der Waals surface area contributed by atoms with Crippen molar-refractivity contribution in [3.05, 3.63) is 78.9 Å². The summed E-state index contributed by atoms with van der Waals surface area (Å²) < 4.78 is 5.78. The van der Waals surface area contributed by atoms with Gasteiger partial charge in [0, 0.05) is 25.5 Å². The lowest BCUT2D eigenvalue weighted by Gasteiger charge is -2.16. The van der Waals surface area contributed by atoms with Gasteiger partial charge in [-0.3, -0.25) is 4.79 Å². The van der Waals surface area contributed by atoms with Crippen molar-refractivity contribution in [3.63, 3.8) is 0 Å². The van der Waals surface area contributed by atoms with Gasteiger partial charge in [0.15, 0.2) is 6.10 Å². The molecular formula is C23H24N2O2. The zero-order valence-corrected chi connectivity index (χ0v) is 15.8. The Hall–Kier alpha value is -3.27. The first-order valence-electron chi connectivity index (χ1n) is 8.93. The largest absolute Gasteiger partial charge is 0.481 e. The molecule has 0 bridgehead atoms. The number of carbonyl (C=O) groups excluding carboxylic acids is 1. The number of nitrogens with zero attached hydrogens (tertiary/aromatic N) is 1. The van der Waals surface area contributed by atoms with E-state index in [0.29, 0.717) is 5.75 Å². The summed E-state index contributed by atoms with van der Waals surface area (Å²) >= 11 is 0. The monoisotopic (exact) mass is 360 g/mol. The van der Waals surface area contributed by atoms with Gasteiger partial charge in [0.1, 0.15) is 5.75 Å². The van der Waals surface area contributed by atoms with Crippen molar-refractivity contribution in [3.8, 4) is 16.9 Å². The topological polar surface area (TPSA) is 41.6 Å². The van der Waals surface area contributed by atoms with E-state index in [4.69, 9.17) is 4.74 Å². The Morgan fingerprint density at radius 3 is 2.04 bits per heavy atom. The van der Waals surface area contributed by atoms with E-state index < -0.39 is 6.10 Å². The molecule has 0 heterocycles. The number of ether oxygens (including phenoxy) is 1. The molecule has 0 aliphatic heterocycles. The van der Waals surface area contributed by atoms with Crippen LogP contribution < -0.4 is 15.0 Å². The lowest BCUT2D eigenvalue weighted by Crippen LogP contribution is -2.30. The van der Waals surface area contributed by atoms with Crippen LogP contribution in [-0.2, 0) is 4.79 Å². The Kier molecular flexibility index (Phi) is 5.77. The van der Waals surface area contributed by atoms with Crippen LogP contribution in [0, 0.1) is 0 Å². The van der Waals surface area contributed by atoms with Gasteiger partial charge in [0.05, 0.1) is 0 Å². The van der Waals surface area contributed by atoms with Crippen LogP contribution in [0.2, 0.25) is 0 Å². The standard InChI is InChI=1S/C23H24N2O2/c1-17(23(26)24-20-11-13-21(14-12-20)25(2)3)27-22-15-9-19(10-16-22)18-7-5-4-6-8-18/h4-17H,1-3H3,(H,24,26). The van der Waals surface area contributed by atoms with E-state index in [1.54, 1.807) is 6.92 Å². The van der Waals surface area contributed by atoms with Crippen LogP contribution in [0.5, 0.6) is 5.75 Å². The highest BCUT2D eigenvalue weighted by Crippen LogP contribution is 2.23. The number of hydrogen-bond acceptors (Lipinski definition) is 3. The highest BCUT2D eigenvalue weighted by Gasteiger charge is 2.15. The molecule has 1 N–H and O–H groups in total. The predicted octanol–water partition coefficient (Wildman–Crippen LogP) is 4.83. The highest BCUT2D eigenvalue weighted by atomic mass is 16.5. The van der Waals surface area contributed by atoms with E-state index in [0.717, 1.165) is 22.5 Å². The summed E-state index contributed by atoms with van der Waals surface area (Å²) in [4.78, 5) is 14.4. The minimum atomic E-state index is -0.596. The maximum atomic E-state index is 12.4. The third-order valence-corrected chi connectivity index (χ3v) is 4.29. The molecule has 27 heavy (non-hydrogen) atoms. The molecule has 1 unspecified atom stereocenters. The number of hydrogen-bond donors (Lipinski definition) is 1. The molecule has 0 aromatic heterocycles. The maximum absolute atomic E-state index is 12.4. The van der Waals surface area contributed by atoms with E-state index in [1.807, 2.05) is 85.7 Å². The summed E-state index contributed by atoms with van der Waals surface area (Å²) in [5.74, 6) is 0.486. The Morgan fingerprint density at radius 1 is 0.852 bits per heavy atom. The first-order valence-corrected chi connectivity index (χ1v) is 8.93. The Balaban J connectivity index is 1.59. The number of benzene rings is 3. The second-order valence-electron chi connectivity index (χ2n) is 6.58. The molecule has 0 saturated heterocycles. The summed E-state index contributed by atoms with van der Waals surface area (Å²) in [6, 6.07) is 25.6. The summed E-state index contributed by atoms with van der Waals surface area (Å²) in [5, 5.41) is 2.88. The number of nitrogens with one attached hydrogen (secondary N) is 1. The lowest BCUT2D eigenvalue weighted by molar-refractivity contribution is -0.122. The second kappa shape index (κ2) is 8.41. The molecule has 4 heteroatoms. The van der Waals surface area contributed by atoms with Crippen LogP contribution >= 0.6 is 0 Å². The first-order chi connectivity index (χ1) is 13.0. The molecule has 0 aliphatic carbocycles. The summed E-state index contributed by atoms with van der Waals surface area (Å²) in [6.07, 6.45) is -0.596. The summed E-state index contributed by atoms with van der Waals surface area (Å²) in [5.41, 5.74) is 4.09. The predicted molar refractivity (Wildman–Crippen MR) is 111 cm³/mol. The average molecular weight is 360 g/mol. The Morgan fingerprint density at radius 2 is 1.44 bits per heavy atom. The van der Waals surface area contributed by atoms with Crippen molar-refractivity contribution in [2.24, 2.45) is 0 Å². The van der Waals surface area contributed by atoms with Crippen molar-refractivity contribution in [1.82, 2.24) is 0 Å². The third-order valence-electron chi connectivity index (χ3n) is 4.29. The molecule has 0 aliphatic rings. The molecule has 1 amide bonds. The lowest BCUT2D eigenvalue weighted by atomic mass is 10.1. The normalized spacial score (nSPS) is 11.5. The van der Waals surface area contributed by atoms with Gasteiger partial charge in [-0.05, 0) is 54.4 Å². The van der Waals surface area contributed by atoms with Crippen LogP contribution in [0.3, 0.4) is 0 Å². The first kappa shape index (κ1) is 18.5. The fourth-order valence-electron chi connectivity index (χ4n) is 2.70. The van der Waals surface area contributed by atoms with Gasteiger partial charge in [0.2, 0.25) is 0 Å². The fourth-order valence-corrected chi connectivity index (χ4v) is 2.70. The van der Waals surface area contributed by atoms with Crippen molar-refractivity contribution in [2.75, 3.05) is 24.3 Å². The molecule has 3 aromatic carbocycles. The maximum Gasteiger partial charge on any atom is 0.265 e. The molecule has 0 radical (unpaired) electrons. The molecule has 0 saturated carbocycles. The molecule has 138 valence electrons. The smallest absolute Gasteiger partial charge is 0.265 e. The Bertz CT molecular complexity index is 873. The van der Waals surface area contributed by atoms with Gasteiger partial charge in [-0.25, -0.2) is 0 Å². The van der Waals surface area contributed by atoms with Crippen molar-refractivity contribution >= 4 is 17.3 Å². The fraction of sp³-hybridized carbons (Fsp3) is 0.174. The van der Waals surface area contributed by atoms with E-state index in [1.165, 1.54) is 0 Å². The molecule has 0 spiro atoms. The van der Waals surface area contributed by atoms with Crippen molar-refractivity contribution in [1.29, 1.82) is 0 Å². The zero-order chi connectivity index (χ0) is 19.2. The number of rotatable bonds is 6. The van der Waals surface area contributed by atoms with Gasteiger partial charge in [-0.15, -0.1) is 0 Å². The van der Waals surface area contributed by atoms with Crippen LogP contribution in [0.15, 0.2) is 78.9 Å². The van der Waals surface area contributed by atoms with Gasteiger partial charge >= 0.3 is 0 Å².